The molecular formula is C20H44Sn. The molecule has 0 aromatic rings. The van der Waals surface area contributed by atoms with Gasteiger partial charge in [-0.2, -0.15) is 0 Å². The van der Waals surface area contributed by atoms with Gasteiger partial charge in [-0.1, -0.05) is 0 Å². The van der Waals surface area contributed by atoms with E-state index in [-0.39, 0.29) is 0 Å². The first kappa shape index (κ1) is 21.8. The van der Waals surface area contributed by atoms with Gasteiger partial charge in [0, 0.05) is 0 Å². The minimum absolute atomic E-state index is 0.901. The first-order valence-corrected chi connectivity index (χ1v) is 17.7. The first-order valence-electron chi connectivity index (χ1n) is 9.67. The van der Waals surface area contributed by atoms with Crippen LogP contribution in [0.3, 0.4) is 0 Å². The molecule has 0 N–H and O–H groups in total. The van der Waals surface area contributed by atoms with Crippen molar-refractivity contribution in [2.45, 2.75) is 98.8 Å². The Kier molecular flexibility index (Phi) is 11.8. The molecular weight excluding hydrogens is 359 g/mol. The normalized spacial score (nSPS) is 13.1. The third-order valence-electron chi connectivity index (χ3n) is 5.01. The minimum atomic E-state index is -1.90. The van der Waals surface area contributed by atoms with Gasteiger partial charge >= 0.3 is 141 Å². The van der Waals surface area contributed by atoms with Gasteiger partial charge in [0.15, 0.2) is 0 Å². The molecule has 1 heteroatoms. The quantitative estimate of drug-likeness (QED) is 0.294. The summed E-state index contributed by atoms with van der Waals surface area (Å²) in [6, 6.07) is 0. The molecule has 0 aromatic carbocycles. The maximum absolute atomic E-state index is 2.42. The fourth-order valence-corrected chi connectivity index (χ4v) is 21.0. The van der Waals surface area contributed by atoms with Crippen LogP contribution in [-0.4, -0.2) is 18.4 Å². The van der Waals surface area contributed by atoms with Gasteiger partial charge in [-0.05, 0) is 0 Å². The summed E-state index contributed by atoms with van der Waals surface area (Å²) in [6.07, 6.45) is 6.02. The zero-order valence-electron chi connectivity index (χ0n) is 16.5. The van der Waals surface area contributed by atoms with Gasteiger partial charge in [-0.3, -0.25) is 0 Å². The van der Waals surface area contributed by atoms with Crippen molar-refractivity contribution in [2.75, 3.05) is 0 Å². The molecule has 0 rings (SSSR count). The Morgan fingerprint density at radius 3 is 0.762 bits per heavy atom. The summed E-state index contributed by atoms with van der Waals surface area (Å²) < 4.78 is 6.66. The molecule has 0 aliphatic rings. The van der Waals surface area contributed by atoms with Gasteiger partial charge in [-0.15, -0.1) is 0 Å². The Hall–Kier alpha value is 0.799. The topological polar surface area (TPSA) is 0 Å². The molecule has 0 fully saturated rings. The summed E-state index contributed by atoms with van der Waals surface area (Å²) in [7, 11) is 0. The molecule has 0 aliphatic carbocycles. The number of rotatable bonds is 12. The molecule has 0 radical (unpaired) electrons. The zero-order valence-corrected chi connectivity index (χ0v) is 19.3. The van der Waals surface area contributed by atoms with Gasteiger partial charge < -0.3 is 0 Å². The van der Waals surface area contributed by atoms with Crippen molar-refractivity contribution in [3.05, 3.63) is 0 Å². The molecule has 0 nitrogen and oxygen atoms in total. The number of hydrogen-bond acceptors (Lipinski definition) is 0. The Morgan fingerprint density at radius 1 is 0.429 bits per heavy atom. The van der Waals surface area contributed by atoms with Crippen molar-refractivity contribution in [2.24, 2.45) is 23.7 Å². The van der Waals surface area contributed by atoms with Crippen molar-refractivity contribution in [1.82, 2.24) is 0 Å². The second-order valence-electron chi connectivity index (χ2n) is 9.23. The second kappa shape index (κ2) is 11.4. The van der Waals surface area contributed by atoms with Crippen molar-refractivity contribution < 1.29 is 0 Å². The fraction of sp³-hybridized carbons (Fsp3) is 1.00. The monoisotopic (exact) mass is 404 g/mol. The van der Waals surface area contributed by atoms with Gasteiger partial charge in [0.2, 0.25) is 0 Å². The van der Waals surface area contributed by atoms with E-state index in [1.165, 1.54) is 25.7 Å². The van der Waals surface area contributed by atoms with E-state index in [4.69, 9.17) is 0 Å². The zero-order chi connectivity index (χ0) is 16.5. The Bertz CT molecular complexity index is 187. The van der Waals surface area contributed by atoms with Crippen LogP contribution < -0.4 is 0 Å². The summed E-state index contributed by atoms with van der Waals surface area (Å²) in [6.45, 7) is 19.4. The second-order valence-corrected chi connectivity index (χ2v) is 23.5. The molecule has 128 valence electrons. The fourth-order valence-electron chi connectivity index (χ4n) is 3.13. The molecule has 0 spiro atoms. The van der Waals surface area contributed by atoms with E-state index in [9.17, 15) is 0 Å². The van der Waals surface area contributed by atoms with Crippen LogP contribution in [0.1, 0.15) is 81.1 Å². The third kappa shape index (κ3) is 12.0. The summed E-state index contributed by atoms with van der Waals surface area (Å²) in [4.78, 5) is 0. The van der Waals surface area contributed by atoms with E-state index < -0.39 is 18.4 Å². The predicted molar refractivity (Wildman–Crippen MR) is 103 cm³/mol. The Morgan fingerprint density at radius 2 is 0.619 bits per heavy atom. The van der Waals surface area contributed by atoms with Crippen molar-refractivity contribution >= 4 is 18.4 Å². The van der Waals surface area contributed by atoms with Crippen LogP contribution in [0.5, 0.6) is 0 Å². The average molecular weight is 403 g/mol. The standard InChI is InChI=1S/4C5H11.Sn/c4*1-4-5(2)3;/h4*5H,1,4H2,2-3H3;. The molecule has 0 heterocycles. The average Bonchev–Trinajstić information content (AvgIpc) is 2.36. The van der Waals surface area contributed by atoms with Crippen LogP contribution >= 0.6 is 0 Å². The van der Waals surface area contributed by atoms with E-state index in [1.807, 2.05) is 0 Å². The van der Waals surface area contributed by atoms with Crippen molar-refractivity contribution in [1.29, 1.82) is 0 Å². The summed E-state index contributed by atoms with van der Waals surface area (Å²) in [5.41, 5.74) is 0. The van der Waals surface area contributed by atoms with E-state index in [0.29, 0.717) is 0 Å². The van der Waals surface area contributed by atoms with E-state index in [0.717, 1.165) is 23.7 Å². The molecule has 21 heavy (non-hydrogen) atoms. The molecule has 0 saturated heterocycles. The molecule has 0 atom stereocenters. The van der Waals surface area contributed by atoms with E-state index >= 15 is 0 Å². The first-order chi connectivity index (χ1) is 9.67. The molecule has 0 aliphatic heterocycles. The van der Waals surface area contributed by atoms with E-state index in [2.05, 4.69) is 55.4 Å². The van der Waals surface area contributed by atoms with Gasteiger partial charge in [0.1, 0.15) is 0 Å². The Labute approximate surface area is 140 Å². The summed E-state index contributed by atoms with van der Waals surface area (Å²) in [5, 5.41) is 0. The van der Waals surface area contributed by atoms with Gasteiger partial charge in [0.25, 0.3) is 0 Å². The maximum atomic E-state index is 2.42. The molecule has 0 aromatic heterocycles. The molecule has 0 bridgehead atoms. The van der Waals surface area contributed by atoms with Gasteiger partial charge in [-0.25, -0.2) is 0 Å². The van der Waals surface area contributed by atoms with E-state index in [1.54, 1.807) is 17.7 Å². The molecule has 0 saturated carbocycles. The molecule has 0 amide bonds. The third-order valence-corrected chi connectivity index (χ3v) is 20.4. The van der Waals surface area contributed by atoms with Crippen LogP contribution in [0.4, 0.5) is 0 Å². The predicted octanol–water partition coefficient (Wildman–Crippen LogP) is 7.62. The van der Waals surface area contributed by atoms with Gasteiger partial charge in [0.05, 0.1) is 0 Å². The summed E-state index contributed by atoms with van der Waals surface area (Å²) >= 11 is -1.90. The van der Waals surface area contributed by atoms with Crippen molar-refractivity contribution in [3.8, 4) is 0 Å². The van der Waals surface area contributed by atoms with Crippen LogP contribution in [0.25, 0.3) is 0 Å². The van der Waals surface area contributed by atoms with Crippen LogP contribution in [0.15, 0.2) is 0 Å². The summed E-state index contributed by atoms with van der Waals surface area (Å²) in [5.74, 6) is 3.60. The molecule has 0 unspecified atom stereocenters. The Balaban J connectivity index is 4.85. The van der Waals surface area contributed by atoms with Crippen molar-refractivity contribution in [3.63, 3.8) is 0 Å². The van der Waals surface area contributed by atoms with Crippen LogP contribution in [-0.2, 0) is 0 Å². The number of hydrogen-bond donors (Lipinski definition) is 0. The SMILES string of the molecule is CC(C)C[CH2][Sn]([CH2]CC(C)C)([CH2]CC(C)C)[CH2]CC(C)C. The van der Waals surface area contributed by atoms with Crippen LogP contribution in [0, 0.1) is 23.7 Å². The van der Waals surface area contributed by atoms with Crippen LogP contribution in [0.2, 0.25) is 17.7 Å².